The van der Waals surface area contributed by atoms with E-state index in [9.17, 15) is 5.11 Å². The van der Waals surface area contributed by atoms with Crippen LogP contribution in [0.5, 0.6) is 0 Å². The van der Waals surface area contributed by atoms with E-state index in [2.05, 4.69) is 53.3 Å². The van der Waals surface area contributed by atoms with Gasteiger partial charge in [0, 0.05) is 62.1 Å². The van der Waals surface area contributed by atoms with Crippen molar-refractivity contribution in [3.8, 4) is 11.3 Å². The van der Waals surface area contributed by atoms with E-state index in [0.717, 1.165) is 65.4 Å². The van der Waals surface area contributed by atoms with Gasteiger partial charge in [-0.15, -0.1) is 0 Å². The van der Waals surface area contributed by atoms with Crippen molar-refractivity contribution in [3.05, 3.63) is 66.4 Å². The monoisotopic (exact) mass is 429 g/mol. The molecule has 0 spiro atoms. The van der Waals surface area contributed by atoms with E-state index in [-0.39, 0.29) is 0 Å². The number of rotatable bonds is 5. The molecule has 4 heterocycles. The molecular formula is C24H27N7O. The Bertz CT molecular complexity index is 1250. The number of benzene rings is 1. The first kappa shape index (κ1) is 20.4. The molecule has 0 radical (unpaired) electrons. The Balaban J connectivity index is 1.38. The minimum Gasteiger partial charge on any atom is -0.369 e. The minimum atomic E-state index is -0.882. The van der Waals surface area contributed by atoms with Gasteiger partial charge in [-0.25, -0.2) is 15.0 Å². The van der Waals surface area contributed by atoms with Gasteiger partial charge in [0.05, 0.1) is 11.9 Å². The average Bonchev–Trinajstić information content (AvgIpc) is 3.17. The van der Waals surface area contributed by atoms with Crippen LogP contribution in [-0.4, -0.2) is 50.8 Å². The molecule has 5 rings (SSSR count). The van der Waals surface area contributed by atoms with Gasteiger partial charge in [-0.2, -0.15) is 0 Å². The average molecular weight is 430 g/mol. The zero-order valence-corrected chi connectivity index (χ0v) is 18.3. The molecule has 0 amide bonds. The van der Waals surface area contributed by atoms with Crippen molar-refractivity contribution in [2.75, 3.05) is 36.4 Å². The molecule has 1 atom stereocenters. The second-order valence-corrected chi connectivity index (χ2v) is 8.11. The third-order valence-corrected chi connectivity index (χ3v) is 6.05. The minimum absolute atomic E-state index is 0.615. The third kappa shape index (κ3) is 4.02. The van der Waals surface area contributed by atoms with E-state index in [4.69, 9.17) is 0 Å². The summed E-state index contributed by atoms with van der Waals surface area (Å²) in [6.45, 7) is 5.68. The molecule has 1 fully saturated rings. The predicted octanol–water partition coefficient (Wildman–Crippen LogP) is 2.85. The van der Waals surface area contributed by atoms with Gasteiger partial charge in [0.2, 0.25) is 0 Å². The van der Waals surface area contributed by atoms with Gasteiger partial charge in [0.1, 0.15) is 17.5 Å². The van der Waals surface area contributed by atoms with Crippen LogP contribution < -0.4 is 15.5 Å². The maximum absolute atomic E-state index is 10.8. The quantitative estimate of drug-likeness (QED) is 0.420. The summed E-state index contributed by atoms with van der Waals surface area (Å²) in [5.41, 5.74) is 2.91. The number of imidazole rings is 1. The summed E-state index contributed by atoms with van der Waals surface area (Å²) in [5, 5.41) is 19.4. The van der Waals surface area contributed by atoms with E-state index in [1.807, 2.05) is 44.6 Å². The molecule has 0 saturated carbocycles. The van der Waals surface area contributed by atoms with Crippen LogP contribution in [0.1, 0.15) is 17.6 Å². The zero-order valence-electron chi connectivity index (χ0n) is 18.3. The van der Waals surface area contributed by atoms with Crippen molar-refractivity contribution in [3.63, 3.8) is 0 Å². The van der Waals surface area contributed by atoms with Gasteiger partial charge < -0.3 is 25.2 Å². The number of nitrogens with zero attached hydrogens (tertiary/aromatic N) is 5. The molecule has 0 bridgehead atoms. The largest absolute Gasteiger partial charge is 0.369 e. The van der Waals surface area contributed by atoms with E-state index >= 15 is 0 Å². The number of pyridine rings is 2. The molecular weight excluding hydrogens is 402 g/mol. The summed E-state index contributed by atoms with van der Waals surface area (Å²) < 4.78 is 2.07. The Morgan fingerprint density at radius 1 is 1.00 bits per heavy atom. The van der Waals surface area contributed by atoms with Crippen LogP contribution in [0.15, 0.2) is 55.0 Å². The first-order valence-corrected chi connectivity index (χ1v) is 10.8. The third-order valence-electron chi connectivity index (χ3n) is 6.05. The van der Waals surface area contributed by atoms with Gasteiger partial charge in [0.15, 0.2) is 6.23 Å². The van der Waals surface area contributed by atoms with Gasteiger partial charge in [-0.3, -0.25) is 0 Å². The number of aliphatic hydroxyl groups is 1. The highest BCUT2D eigenvalue weighted by Crippen LogP contribution is 2.27. The fourth-order valence-electron chi connectivity index (χ4n) is 4.04. The van der Waals surface area contributed by atoms with Crippen LogP contribution in [0.2, 0.25) is 0 Å². The van der Waals surface area contributed by atoms with Crippen molar-refractivity contribution in [1.29, 1.82) is 0 Å². The Kier molecular flexibility index (Phi) is 5.46. The number of aryl methyl sites for hydroxylation is 1. The van der Waals surface area contributed by atoms with Crippen LogP contribution in [0, 0.1) is 6.92 Å². The first-order chi connectivity index (χ1) is 15.6. The fraction of sp³-hybridized carbons (Fsp3) is 0.292. The van der Waals surface area contributed by atoms with E-state index in [1.54, 1.807) is 6.20 Å². The Labute approximate surface area is 187 Å². The Morgan fingerprint density at radius 2 is 1.84 bits per heavy atom. The van der Waals surface area contributed by atoms with E-state index in [0.29, 0.717) is 5.82 Å². The van der Waals surface area contributed by atoms with Gasteiger partial charge in [-0.05, 0) is 36.6 Å². The normalized spacial score (nSPS) is 15.2. The molecule has 4 aromatic rings. The molecule has 8 heteroatoms. The summed E-state index contributed by atoms with van der Waals surface area (Å²) in [4.78, 5) is 15.6. The number of fused-ring (bicyclic) bond motifs is 1. The van der Waals surface area contributed by atoms with Crippen LogP contribution in [0.4, 0.5) is 11.6 Å². The number of aliphatic hydroxyl groups excluding tert-OH is 1. The van der Waals surface area contributed by atoms with E-state index in [1.165, 1.54) is 0 Å². The standard InChI is InChI=1S/C24H27N7O/c1-16-27-15-21(30(16)2)17-3-4-19-14-28-22(12-20(19)11-17)29-24(32)18-5-6-26-23(13-18)31-9-7-25-8-10-31/h3-6,11-15,24-25,32H,7-10H2,1-2H3,(H,28,29). The summed E-state index contributed by atoms with van der Waals surface area (Å²) in [7, 11) is 2.02. The van der Waals surface area contributed by atoms with E-state index < -0.39 is 6.23 Å². The van der Waals surface area contributed by atoms with Crippen LogP contribution in [-0.2, 0) is 7.05 Å². The van der Waals surface area contributed by atoms with Crippen LogP contribution in [0.25, 0.3) is 22.0 Å². The number of hydrogen-bond acceptors (Lipinski definition) is 7. The maximum Gasteiger partial charge on any atom is 0.152 e. The molecule has 3 N–H and O–H groups in total. The lowest BCUT2D eigenvalue weighted by atomic mass is 10.1. The zero-order chi connectivity index (χ0) is 22.1. The SMILES string of the molecule is Cc1ncc(-c2ccc3cnc(NC(O)c4ccnc(N5CCNCC5)c4)cc3c2)n1C. The molecule has 8 nitrogen and oxygen atoms in total. The van der Waals surface area contributed by atoms with Crippen molar-refractivity contribution in [2.24, 2.45) is 7.05 Å². The summed E-state index contributed by atoms with van der Waals surface area (Å²) in [5.74, 6) is 2.47. The number of piperazine rings is 1. The summed E-state index contributed by atoms with van der Waals surface area (Å²) in [6, 6.07) is 12.0. The molecule has 1 aliphatic heterocycles. The highest BCUT2D eigenvalue weighted by atomic mass is 16.3. The van der Waals surface area contributed by atoms with Gasteiger partial charge >= 0.3 is 0 Å². The Morgan fingerprint density at radius 3 is 2.62 bits per heavy atom. The second kappa shape index (κ2) is 8.57. The molecule has 1 saturated heterocycles. The smallest absolute Gasteiger partial charge is 0.152 e. The molecule has 0 aliphatic carbocycles. The summed E-state index contributed by atoms with van der Waals surface area (Å²) >= 11 is 0. The van der Waals surface area contributed by atoms with Crippen LogP contribution >= 0.6 is 0 Å². The molecule has 3 aromatic heterocycles. The molecule has 1 aliphatic rings. The molecule has 1 aromatic carbocycles. The molecule has 1 unspecified atom stereocenters. The lowest BCUT2D eigenvalue weighted by molar-refractivity contribution is 0.207. The van der Waals surface area contributed by atoms with Crippen molar-refractivity contribution in [1.82, 2.24) is 24.8 Å². The van der Waals surface area contributed by atoms with Crippen molar-refractivity contribution < 1.29 is 5.11 Å². The highest BCUT2D eigenvalue weighted by molar-refractivity contribution is 5.88. The molecule has 164 valence electrons. The van der Waals surface area contributed by atoms with Crippen molar-refractivity contribution >= 4 is 22.4 Å². The summed E-state index contributed by atoms with van der Waals surface area (Å²) in [6.07, 6.45) is 4.57. The topological polar surface area (TPSA) is 91.1 Å². The highest BCUT2D eigenvalue weighted by Gasteiger charge is 2.15. The van der Waals surface area contributed by atoms with Crippen molar-refractivity contribution in [2.45, 2.75) is 13.2 Å². The van der Waals surface area contributed by atoms with Gasteiger partial charge in [-0.1, -0.05) is 12.1 Å². The number of hydrogen-bond donors (Lipinski definition) is 3. The fourth-order valence-corrected chi connectivity index (χ4v) is 4.04. The lowest BCUT2D eigenvalue weighted by Crippen LogP contribution is -2.43. The second-order valence-electron chi connectivity index (χ2n) is 8.11. The number of anilines is 2. The first-order valence-electron chi connectivity index (χ1n) is 10.8. The lowest BCUT2D eigenvalue weighted by Gasteiger charge is -2.29. The maximum atomic E-state index is 10.8. The number of nitrogens with one attached hydrogen (secondary N) is 2. The number of aromatic nitrogens is 4. The van der Waals surface area contributed by atoms with Crippen LogP contribution in [0.3, 0.4) is 0 Å². The predicted molar refractivity (Wildman–Crippen MR) is 127 cm³/mol. The Hall–Kier alpha value is -3.49. The van der Waals surface area contributed by atoms with Gasteiger partial charge in [0.25, 0.3) is 0 Å². The molecule has 32 heavy (non-hydrogen) atoms.